The smallest absolute Gasteiger partial charge is 0.211 e. The van der Waals surface area contributed by atoms with Gasteiger partial charge in [0.25, 0.3) is 0 Å². The van der Waals surface area contributed by atoms with Gasteiger partial charge >= 0.3 is 0 Å². The van der Waals surface area contributed by atoms with E-state index in [4.69, 9.17) is 5.73 Å². The van der Waals surface area contributed by atoms with E-state index in [1.807, 2.05) is 6.92 Å². The SMILES string of the molecule is CCC(N)CC(=O)CC1CCCN(S(C)(=O)=O)C1. The minimum atomic E-state index is -3.12. The average molecular weight is 276 g/mol. The number of sulfonamides is 1. The summed E-state index contributed by atoms with van der Waals surface area (Å²) in [4.78, 5) is 11.8. The third-order valence-electron chi connectivity index (χ3n) is 3.48. The molecule has 0 aromatic carbocycles. The number of carbonyl (C=O) groups is 1. The molecule has 1 heterocycles. The fourth-order valence-electron chi connectivity index (χ4n) is 2.34. The number of carbonyl (C=O) groups excluding carboxylic acids is 1. The van der Waals surface area contributed by atoms with Gasteiger partial charge in [0, 0.05) is 32.0 Å². The fourth-order valence-corrected chi connectivity index (χ4v) is 3.28. The lowest BCUT2D eigenvalue weighted by Crippen LogP contribution is -2.40. The fraction of sp³-hybridized carbons (Fsp3) is 0.917. The normalized spacial score (nSPS) is 23.8. The molecule has 1 aliphatic heterocycles. The van der Waals surface area contributed by atoms with E-state index < -0.39 is 10.0 Å². The Balaban J connectivity index is 2.45. The molecule has 1 rings (SSSR count). The predicted molar refractivity (Wildman–Crippen MR) is 71.6 cm³/mol. The van der Waals surface area contributed by atoms with E-state index in [2.05, 4.69) is 0 Å². The van der Waals surface area contributed by atoms with Gasteiger partial charge < -0.3 is 5.73 Å². The molecule has 0 radical (unpaired) electrons. The Labute approximate surface area is 110 Å². The molecule has 0 spiro atoms. The molecule has 2 atom stereocenters. The Morgan fingerprint density at radius 1 is 1.50 bits per heavy atom. The van der Waals surface area contributed by atoms with Crippen LogP contribution < -0.4 is 5.73 Å². The van der Waals surface area contributed by atoms with Crippen molar-refractivity contribution in [3.8, 4) is 0 Å². The highest BCUT2D eigenvalue weighted by molar-refractivity contribution is 7.88. The van der Waals surface area contributed by atoms with Gasteiger partial charge in [-0.05, 0) is 25.2 Å². The van der Waals surface area contributed by atoms with E-state index in [1.54, 1.807) is 0 Å². The van der Waals surface area contributed by atoms with E-state index in [0.717, 1.165) is 19.3 Å². The van der Waals surface area contributed by atoms with Crippen LogP contribution in [0.2, 0.25) is 0 Å². The molecule has 0 aliphatic carbocycles. The topological polar surface area (TPSA) is 80.5 Å². The highest BCUT2D eigenvalue weighted by Gasteiger charge is 2.27. The van der Waals surface area contributed by atoms with Gasteiger partial charge in [-0.25, -0.2) is 12.7 Å². The van der Waals surface area contributed by atoms with Crippen molar-refractivity contribution in [3.05, 3.63) is 0 Å². The first-order valence-electron chi connectivity index (χ1n) is 6.55. The molecule has 1 fully saturated rings. The summed E-state index contributed by atoms with van der Waals surface area (Å²) in [6.07, 6.45) is 4.66. The Bertz CT molecular complexity index is 381. The zero-order valence-electron chi connectivity index (χ0n) is 11.3. The second-order valence-corrected chi connectivity index (χ2v) is 7.23. The molecule has 0 saturated carbocycles. The minimum Gasteiger partial charge on any atom is -0.327 e. The lowest BCUT2D eigenvalue weighted by atomic mass is 9.92. The van der Waals surface area contributed by atoms with Crippen molar-refractivity contribution in [3.63, 3.8) is 0 Å². The molecule has 5 nitrogen and oxygen atoms in total. The lowest BCUT2D eigenvalue weighted by Gasteiger charge is -2.30. The number of nitrogens with zero attached hydrogens (tertiary/aromatic N) is 1. The number of piperidine rings is 1. The van der Waals surface area contributed by atoms with Crippen LogP contribution in [0.25, 0.3) is 0 Å². The summed E-state index contributed by atoms with van der Waals surface area (Å²) in [6.45, 7) is 3.02. The van der Waals surface area contributed by atoms with Crippen LogP contribution in [-0.4, -0.2) is 43.9 Å². The molecule has 0 bridgehead atoms. The van der Waals surface area contributed by atoms with Gasteiger partial charge in [0.15, 0.2) is 0 Å². The molecule has 0 amide bonds. The number of ketones is 1. The van der Waals surface area contributed by atoms with Crippen LogP contribution in [-0.2, 0) is 14.8 Å². The van der Waals surface area contributed by atoms with E-state index in [9.17, 15) is 13.2 Å². The van der Waals surface area contributed by atoms with Gasteiger partial charge in [0.1, 0.15) is 5.78 Å². The van der Waals surface area contributed by atoms with Crippen molar-refractivity contribution in [1.29, 1.82) is 0 Å². The van der Waals surface area contributed by atoms with Crippen molar-refractivity contribution >= 4 is 15.8 Å². The van der Waals surface area contributed by atoms with Crippen molar-refractivity contribution in [2.75, 3.05) is 19.3 Å². The molecule has 1 saturated heterocycles. The zero-order valence-corrected chi connectivity index (χ0v) is 12.1. The second kappa shape index (κ2) is 6.63. The summed E-state index contributed by atoms with van der Waals surface area (Å²) >= 11 is 0. The van der Waals surface area contributed by atoms with Gasteiger partial charge in [-0.15, -0.1) is 0 Å². The summed E-state index contributed by atoms with van der Waals surface area (Å²) in [5.74, 6) is 0.315. The molecular formula is C12H24N2O3S. The van der Waals surface area contributed by atoms with E-state index in [0.29, 0.717) is 25.9 Å². The Morgan fingerprint density at radius 2 is 2.17 bits per heavy atom. The van der Waals surface area contributed by atoms with Crippen LogP contribution in [0.3, 0.4) is 0 Å². The number of Topliss-reactive ketones (excluding diaryl/α,β-unsaturated/α-hetero) is 1. The minimum absolute atomic E-state index is 0.0629. The molecule has 2 N–H and O–H groups in total. The molecule has 6 heteroatoms. The number of hydrogen-bond acceptors (Lipinski definition) is 4. The number of hydrogen-bond donors (Lipinski definition) is 1. The van der Waals surface area contributed by atoms with Crippen LogP contribution in [0.5, 0.6) is 0 Å². The maximum absolute atomic E-state index is 11.8. The largest absolute Gasteiger partial charge is 0.327 e. The van der Waals surface area contributed by atoms with Crippen LogP contribution in [0.15, 0.2) is 0 Å². The highest BCUT2D eigenvalue weighted by Crippen LogP contribution is 2.22. The van der Waals surface area contributed by atoms with Gasteiger partial charge in [0.05, 0.1) is 6.26 Å². The number of nitrogens with two attached hydrogens (primary N) is 1. The Kier molecular flexibility index (Phi) is 5.75. The molecule has 2 unspecified atom stereocenters. The monoisotopic (exact) mass is 276 g/mol. The third kappa shape index (κ3) is 5.04. The van der Waals surface area contributed by atoms with Gasteiger partial charge in [-0.1, -0.05) is 6.92 Å². The lowest BCUT2D eigenvalue weighted by molar-refractivity contribution is -0.120. The summed E-state index contributed by atoms with van der Waals surface area (Å²) in [6, 6.07) is -0.0629. The van der Waals surface area contributed by atoms with Crippen molar-refractivity contribution < 1.29 is 13.2 Å². The van der Waals surface area contributed by atoms with E-state index >= 15 is 0 Å². The summed E-state index contributed by atoms with van der Waals surface area (Å²) < 4.78 is 24.4. The van der Waals surface area contributed by atoms with Crippen molar-refractivity contribution in [1.82, 2.24) is 4.31 Å². The van der Waals surface area contributed by atoms with E-state index in [1.165, 1.54) is 10.6 Å². The molecule has 0 aromatic rings. The van der Waals surface area contributed by atoms with Crippen molar-refractivity contribution in [2.45, 2.75) is 45.1 Å². The highest BCUT2D eigenvalue weighted by atomic mass is 32.2. The molecule has 106 valence electrons. The maximum Gasteiger partial charge on any atom is 0.211 e. The summed E-state index contributed by atoms with van der Waals surface area (Å²) in [7, 11) is -3.12. The zero-order chi connectivity index (χ0) is 13.8. The molecular weight excluding hydrogens is 252 g/mol. The molecule has 1 aliphatic rings. The van der Waals surface area contributed by atoms with Crippen LogP contribution >= 0.6 is 0 Å². The first-order valence-corrected chi connectivity index (χ1v) is 8.40. The quantitative estimate of drug-likeness (QED) is 0.776. The van der Waals surface area contributed by atoms with Crippen LogP contribution in [0.1, 0.15) is 39.0 Å². The standard InChI is InChI=1S/C12H24N2O3S/c1-3-11(13)8-12(15)7-10-5-4-6-14(9-10)18(2,16)17/h10-11H,3-9,13H2,1-2H3. The maximum atomic E-state index is 11.8. The van der Waals surface area contributed by atoms with Gasteiger partial charge in [-0.2, -0.15) is 0 Å². The predicted octanol–water partition coefficient (Wildman–Crippen LogP) is 0.745. The first kappa shape index (κ1) is 15.6. The van der Waals surface area contributed by atoms with Gasteiger partial charge in [0.2, 0.25) is 10.0 Å². The van der Waals surface area contributed by atoms with Crippen molar-refractivity contribution in [2.24, 2.45) is 11.7 Å². The summed E-state index contributed by atoms with van der Waals surface area (Å²) in [5.41, 5.74) is 5.75. The van der Waals surface area contributed by atoms with Crippen LogP contribution in [0.4, 0.5) is 0 Å². The first-order chi connectivity index (χ1) is 8.32. The summed E-state index contributed by atoms with van der Waals surface area (Å²) in [5, 5.41) is 0. The third-order valence-corrected chi connectivity index (χ3v) is 4.75. The Hall–Kier alpha value is -0.460. The molecule has 0 aromatic heterocycles. The average Bonchev–Trinajstić information content (AvgIpc) is 2.27. The van der Waals surface area contributed by atoms with Crippen LogP contribution in [0, 0.1) is 5.92 Å². The number of rotatable bonds is 6. The Morgan fingerprint density at radius 3 is 2.72 bits per heavy atom. The second-order valence-electron chi connectivity index (χ2n) is 5.24. The van der Waals surface area contributed by atoms with Gasteiger partial charge in [-0.3, -0.25) is 4.79 Å². The van der Waals surface area contributed by atoms with E-state index in [-0.39, 0.29) is 17.7 Å². The molecule has 18 heavy (non-hydrogen) atoms.